The summed E-state index contributed by atoms with van der Waals surface area (Å²) in [7, 11) is 0. The predicted octanol–water partition coefficient (Wildman–Crippen LogP) is 4.31. The third-order valence-corrected chi connectivity index (χ3v) is 3.78. The van der Waals surface area contributed by atoms with Crippen molar-refractivity contribution in [3.05, 3.63) is 64.1 Å². The third kappa shape index (κ3) is 4.63. The SMILES string of the molecule is C#CCOc1ccccc1CN[C@@H](C)c1ccc(Br)cc1. The van der Waals surface area contributed by atoms with Crippen molar-refractivity contribution in [2.75, 3.05) is 6.61 Å². The zero-order valence-corrected chi connectivity index (χ0v) is 13.6. The van der Waals surface area contributed by atoms with Crippen LogP contribution in [-0.4, -0.2) is 6.61 Å². The molecule has 2 aromatic rings. The molecule has 0 radical (unpaired) electrons. The van der Waals surface area contributed by atoms with E-state index in [1.165, 1.54) is 5.56 Å². The minimum Gasteiger partial charge on any atom is -0.481 e. The molecular weight excluding hydrogens is 326 g/mol. The largest absolute Gasteiger partial charge is 0.481 e. The third-order valence-electron chi connectivity index (χ3n) is 3.25. The Bertz CT molecular complexity index is 616. The lowest BCUT2D eigenvalue weighted by Crippen LogP contribution is -2.18. The number of halogens is 1. The van der Waals surface area contributed by atoms with Crippen molar-refractivity contribution >= 4 is 15.9 Å². The van der Waals surface area contributed by atoms with E-state index in [0.29, 0.717) is 6.61 Å². The molecule has 0 aliphatic carbocycles. The van der Waals surface area contributed by atoms with Crippen LogP contribution < -0.4 is 10.1 Å². The van der Waals surface area contributed by atoms with Crippen molar-refractivity contribution < 1.29 is 4.74 Å². The van der Waals surface area contributed by atoms with E-state index in [2.05, 4.69) is 58.4 Å². The van der Waals surface area contributed by atoms with Gasteiger partial charge in [0.25, 0.3) is 0 Å². The maximum Gasteiger partial charge on any atom is 0.148 e. The van der Waals surface area contributed by atoms with E-state index in [1.54, 1.807) is 0 Å². The Hall–Kier alpha value is -1.76. The molecule has 0 heterocycles. The summed E-state index contributed by atoms with van der Waals surface area (Å²) in [5.74, 6) is 3.33. The molecule has 0 aromatic heterocycles. The van der Waals surface area contributed by atoms with E-state index in [4.69, 9.17) is 11.2 Å². The molecule has 0 aliphatic heterocycles. The van der Waals surface area contributed by atoms with Gasteiger partial charge in [-0.15, -0.1) is 6.42 Å². The van der Waals surface area contributed by atoms with Gasteiger partial charge in [-0.25, -0.2) is 0 Å². The molecule has 1 N–H and O–H groups in total. The first-order chi connectivity index (χ1) is 10.2. The van der Waals surface area contributed by atoms with Crippen LogP contribution in [0.15, 0.2) is 53.0 Å². The monoisotopic (exact) mass is 343 g/mol. The molecule has 0 unspecified atom stereocenters. The van der Waals surface area contributed by atoms with Crippen molar-refractivity contribution in [2.45, 2.75) is 19.5 Å². The van der Waals surface area contributed by atoms with Crippen molar-refractivity contribution in [3.8, 4) is 18.1 Å². The van der Waals surface area contributed by atoms with Gasteiger partial charge in [0.05, 0.1) is 0 Å². The Labute approximate surface area is 134 Å². The standard InChI is InChI=1S/C18H18BrNO/c1-3-12-21-18-7-5-4-6-16(18)13-20-14(2)15-8-10-17(19)11-9-15/h1,4-11,14,20H,12-13H2,2H3/t14-/m0/s1. The van der Waals surface area contributed by atoms with Gasteiger partial charge in [0.1, 0.15) is 12.4 Å². The molecule has 0 saturated carbocycles. The second-order valence-electron chi connectivity index (χ2n) is 4.75. The van der Waals surface area contributed by atoms with E-state index >= 15 is 0 Å². The normalized spacial score (nSPS) is 11.7. The smallest absolute Gasteiger partial charge is 0.148 e. The van der Waals surface area contributed by atoms with E-state index in [9.17, 15) is 0 Å². The lowest BCUT2D eigenvalue weighted by Gasteiger charge is -2.16. The van der Waals surface area contributed by atoms with Crippen LogP contribution in [0, 0.1) is 12.3 Å². The first kappa shape index (κ1) is 15.6. The van der Waals surface area contributed by atoms with Gasteiger partial charge in [0, 0.05) is 22.6 Å². The number of terminal acetylenes is 1. The second-order valence-corrected chi connectivity index (χ2v) is 5.67. The van der Waals surface area contributed by atoms with Crippen LogP contribution in [0.2, 0.25) is 0 Å². The number of ether oxygens (including phenoxy) is 1. The summed E-state index contributed by atoms with van der Waals surface area (Å²) >= 11 is 3.45. The summed E-state index contributed by atoms with van der Waals surface area (Å²) in [6.07, 6.45) is 5.24. The molecular formula is C18H18BrNO. The highest BCUT2D eigenvalue weighted by molar-refractivity contribution is 9.10. The molecule has 0 bridgehead atoms. The zero-order chi connectivity index (χ0) is 15.1. The van der Waals surface area contributed by atoms with Crippen molar-refractivity contribution in [1.29, 1.82) is 0 Å². The molecule has 3 heteroatoms. The van der Waals surface area contributed by atoms with Crippen molar-refractivity contribution in [3.63, 3.8) is 0 Å². The van der Waals surface area contributed by atoms with E-state index in [1.807, 2.05) is 24.3 Å². The lowest BCUT2D eigenvalue weighted by molar-refractivity contribution is 0.364. The summed E-state index contributed by atoms with van der Waals surface area (Å²) in [6, 6.07) is 16.5. The zero-order valence-electron chi connectivity index (χ0n) is 12.0. The van der Waals surface area contributed by atoms with Crippen molar-refractivity contribution in [1.82, 2.24) is 5.32 Å². The molecule has 2 rings (SSSR count). The molecule has 0 spiro atoms. The Morgan fingerprint density at radius 2 is 1.90 bits per heavy atom. The maximum absolute atomic E-state index is 5.56. The number of benzene rings is 2. The van der Waals surface area contributed by atoms with Gasteiger partial charge in [-0.2, -0.15) is 0 Å². The van der Waals surface area contributed by atoms with E-state index in [0.717, 1.165) is 22.3 Å². The average molecular weight is 344 g/mol. The topological polar surface area (TPSA) is 21.3 Å². The lowest BCUT2D eigenvalue weighted by atomic mass is 10.1. The van der Waals surface area contributed by atoms with Crippen LogP contribution in [0.25, 0.3) is 0 Å². The molecule has 0 aliphatic rings. The number of hydrogen-bond acceptors (Lipinski definition) is 2. The quantitative estimate of drug-likeness (QED) is 0.789. The highest BCUT2D eigenvalue weighted by atomic mass is 79.9. The minimum absolute atomic E-state index is 0.263. The molecule has 2 nitrogen and oxygen atoms in total. The Balaban J connectivity index is 1.99. The first-order valence-electron chi connectivity index (χ1n) is 6.83. The van der Waals surface area contributed by atoms with Gasteiger partial charge in [0.2, 0.25) is 0 Å². The Kier molecular flexibility index (Phi) is 5.86. The first-order valence-corrected chi connectivity index (χ1v) is 7.63. The van der Waals surface area contributed by atoms with Gasteiger partial charge in [-0.1, -0.05) is 52.2 Å². The van der Waals surface area contributed by atoms with Crippen LogP contribution in [-0.2, 0) is 6.54 Å². The predicted molar refractivity (Wildman–Crippen MR) is 90.2 cm³/mol. The minimum atomic E-state index is 0.263. The van der Waals surface area contributed by atoms with Crippen LogP contribution in [0.3, 0.4) is 0 Å². The summed E-state index contributed by atoms with van der Waals surface area (Å²) in [6.45, 7) is 3.17. The summed E-state index contributed by atoms with van der Waals surface area (Å²) in [4.78, 5) is 0. The Morgan fingerprint density at radius 3 is 2.62 bits per heavy atom. The molecule has 108 valence electrons. The fraction of sp³-hybridized carbons (Fsp3) is 0.222. The molecule has 0 amide bonds. The number of rotatable bonds is 6. The number of para-hydroxylation sites is 1. The van der Waals surface area contributed by atoms with Gasteiger partial charge in [-0.05, 0) is 30.7 Å². The van der Waals surface area contributed by atoms with Gasteiger partial charge >= 0.3 is 0 Å². The highest BCUT2D eigenvalue weighted by Crippen LogP contribution is 2.20. The maximum atomic E-state index is 5.56. The molecule has 0 saturated heterocycles. The number of nitrogens with one attached hydrogen (secondary N) is 1. The fourth-order valence-corrected chi connectivity index (χ4v) is 2.31. The van der Waals surface area contributed by atoms with Crippen LogP contribution in [0.5, 0.6) is 5.75 Å². The highest BCUT2D eigenvalue weighted by Gasteiger charge is 2.07. The number of hydrogen-bond donors (Lipinski definition) is 1. The van der Waals surface area contributed by atoms with E-state index < -0.39 is 0 Å². The molecule has 2 aromatic carbocycles. The van der Waals surface area contributed by atoms with Gasteiger partial charge in [0.15, 0.2) is 0 Å². The molecule has 0 fully saturated rings. The van der Waals surface area contributed by atoms with E-state index in [-0.39, 0.29) is 6.04 Å². The summed E-state index contributed by atoms with van der Waals surface area (Å²) < 4.78 is 6.65. The van der Waals surface area contributed by atoms with Gasteiger partial charge in [-0.3, -0.25) is 0 Å². The molecule has 21 heavy (non-hydrogen) atoms. The molecule has 1 atom stereocenters. The van der Waals surface area contributed by atoms with Crippen LogP contribution in [0.1, 0.15) is 24.1 Å². The van der Waals surface area contributed by atoms with Crippen LogP contribution >= 0.6 is 15.9 Å². The summed E-state index contributed by atoms with van der Waals surface area (Å²) in [5.41, 5.74) is 2.36. The second kappa shape index (κ2) is 7.87. The van der Waals surface area contributed by atoms with Crippen molar-refractivity contribution in [2.24, 2.45) is 0 Å². The summed E-state index contributed by atoms with van der Waals surface area (Å²) in [5, 5.41) is 3.50. The average Bonchev–Trinajstić information content (AvgIpc) is 2.52. The Morgan fingerprint density at radius 1 is 1.19 bits per heavy atom. The fourth-order valence-electron chi connectivity index (χ4n) is 2.04. The van der Waals surface area contributed by atoms with Gasteiger partial charge < -0.3 is 10.1 Å². The van der Waals surface area contributed by atoms with Crippen LogP contribution in [0.4, 0.5) is 0 Å².